The number of rotatable bonds is 6. The minimum Gasteiger partial charge on any atom is -0.454 e. The van der Waals surface area contributed by atoms with E-state index in [1.54, 1.807) is 0 Å². The van der Waals surface area contributed by atoms with Crippen LogP contribution in [0, 0.1) is 0 Å². The number of aliphatic hydroxyl groups is 1. The summed E-state index contributed by atoms with van der Waals surface area (Å²) < 4.78 is 61.1. The highest BCUT2D eigenvalue weighted by atomic mass is 32.2. The molecule has 0 saturated heterocycles. The average Bonchev–Trinajstić information content (AvgIpc) is 2.49. The van der Waals surface area contributed by atoms with E-state index in [1.165, 1.54) is 12.1 Å². The highest BCUT2D eigenvalue weighted by molar-refractivity contribution is 7.86. The molecule has 28 heavy (non-hydrogen) atoms. The molecule has 0 aliphatic rings. The maximum atomic E-state index is 13.4. The first-order valence-corrected chi connectivity index (χ1v) is 10.2. The van der Waals surface area contributed by atoms with Crippen LogP contribution in [-0.2, 0) is 32.1 Å². The second kappa shape index (κ2) is 8.04. The Labute approximate surface area is 164 Å². The number of aliphatic hydroxyl groups excluding tert-OH is 1. The largest absolute Gasteiger partial charge is 0.454 e. The van der Waals surface area contributed by atoms with Crippen molar-refractivity contribution in [2.45, 2.75) is 64.0 Å². The van der Waals surface area contributed by atoms with Gasteiger partial charge in [-0.15, -0.1) is 0 Å². The number of carbonyl (C=O) groups excluding carboxylic acids is 1. The Hall–Kier alpha value is -1.58. The van der Waals surface area contributed by atoms with Gasteiger partial charge in [0.15, 0.2) is 6.61 Å². The van der Waals surface area contributed by atoms with Crippen LogP contribution in [0.5, 0.6) is 0 Å². The van der Waals surface area contributed by atoms with Crippen molar-refractivity contribution in [1.82, 2.24) is 0 Å². The number of esters is 1. The van der Waals surface area contributed by atoms with Crippen LogP contribution in [0.2, 0.25) is 0 Å². The van der Waals surface area contributed by atoms with Crippen LogP contribution in [0.15, 0.2) is 12.1 Å². The Morgan fingerprint density at radius 2 is 1.46 bits per heavy atom. The van der Waals surface area contributed by atoms with Gasteiger partial charge >= 0.3 is 21.3 Å². The van der Waals surface area contributed by atoms with Crippen molar-refractivity contribution in [3.05, 3.63) is 34.4 Å². The Morgan fingerprint density at radius 1 is 1.04 bits per heavy atom. The van der Waals surface area contributed by atoms with E-state index in [1.807, 2.05) is 41.5 Å². The zero-order valence-corrected chi connectivity index (χ0v) is 17.8. The van der Waals surface area contributed by atoms with E-state index in [9.17, 15) is 27.1 Å². The topological polar surface area (TPSA) is 101 Å². The van der Waals surface area contributed by atoms with Gasteiger partial charge in [-0.3, -0.25) is 4.55 Å². The summed E-state index contributed by atoms with van der Waals surface area (Å²) in [5, 5.41) is 4.88. The molecule has 0 heterocycles. The molecule has 0 unspecified atom stereocenters. The summed E-state index contributed by atoms with van der Waals surface area (Å²) in [6.07, 6.45) is 0.357. The fourth-order valence-electron chi connectivity index (χ4n) is 2.82. The van der Waals surface area contributed by atoms with Crippen molar-refractivity contribution in [2.75, 3.05) is 13.2 Å². The van der Waals surface area contributed by atoms with Crippen molar-refractivity contribution < 1.29 is 36.4 Å². The number of benzene rings is 1. The van der Waals surface area contributed by atoms with E-state index in [-0.39, 0.29) is 12.2 Å². The lowest BCUT2D eigenvalue weighted by Gasteiger charge is -2.31. The molecular formula is C19H28F2O6S. The maximum Gasteiger partial charge on any atom is 0.402 e. The van der Waals surface area contributed by atoms with Crippen molar-refractivity contribution in [2.24, 2.45) is 0 Å². The summed E-state index contributed by atoms with van der Waals surface area (Å²) in [5.41, 5.74) is 1.52. The third-order valence-corrected chi connectivity index (χ3v) is 5.08. The van der Waals surface area contributed by atoms with Crippen LogP contribution in [-0.4, -0.2) is 42.5 Å². The summed E-state index contributed by atoms with van der Waals surface area (Å²) in [5.74, 6) is -1.13. The molecule has 9 heteroatoms. The SMILES string of the molecule is CC(C)(C)c1cc(C(=O)OCC(F)(F)S(=O)(=O)O)cc(C(C)(C)C)c1CCO. The summed E-state index contributed by atoms with van der Waals surface area (Å²) in [4.78, 5) is 12.4. The fraction of sp³-hybridized carbons (Fsp3) is 0.632. The lowest BCUT2D eigenvalue weighted by molar-refractivity contribution is -0.00952. The number of carbonyl (C=O) groups is 1. The molecule has 0 saturated carbocycles. The molecule has 0 aliphatic carbocycles. The van der Waals surface area contributed by atoms with Crippen molar-refractivity contribution in [3.8, 4) is 0 Å². The summed E-state index contributed by atoms with van der Waals surface area (Å²) in [6, 6.07) is 3.02. The van der Waals surface area contributed by atoms with E-state index in [0.29, 0.717) is 6.42 Å². The highest BCUT2D eigenvalue weighted by Gasteiger charge is 2.45. The third-order valence-electron chi connectivity index (χ3n) is 4.21. The predicted octanol–water partition coefficient (Wildman–Crippen LogP) is 3.45. The van der Waals surface area contributed by atoms with Gasteiger partial charge in [0.05, 0.1) is 5.56 Å². The predicted molar refractivity (Wildman–Crippen MR) is 101 cm³/mol. The highest BCUT2D eigenvalue weighted by Crippen LogP contribution is 2.36. The van der Waals surface area contributed by atoms with Gasteiger partial charge in [0.2, 0.25) is 0 Å². The first kappa shape index (κ1) is 24.5. The molecule has 0 aromatic heterocycles. The van der Waals surface area contributed by atoms with Gasteiger partial charge in [-0.05, 0) is 46.1 Å². The van der Waals surface area contributed by atoms with Crippen molar-refractivity contribution in [3.63, 3.8) is 0 Å². The second-order valence-electron chi connectivity index (χ2n) is 8.71. The summed E-state index contributed by atoms with van der Waals surface area (Å²) in [6.45, 7) is 9.59. The van der Waals surface area contributed by atoms with Crippen LogP contribution in [0.1, 0.15) is 68.6 Å². The smallest absolute Gasteiger partial charge is 0.402 e. The Balaban J connectivity index is 3.46. The van der Waals surface area contributed by atoms with Gasteiger partial charge in [-0.1, -0.05) is 41.5 Å². The van der Waals surface area contributed by atoms with Crippen LogP contribution in [0.3, 0.4) is 0 Å². The Morgan fingerprint density at radius 3 is 1.79 bits per heavy atom. The van der Waals surface area contributed by atoms with E-state index in [4.69, 9.17) is 4.55 Å². The molecule has 1 rings (SSSR count). The number of alkyl halides is 2. The van der Waals surface area contributed by atoms with Gasteiger partial charge in [0, 0.05) is 6.61 Å². The van der Waals surface area contributed by atoms with Gasteiger partial charge in [0.25, 0.3) is 0 Å². The van der Waals surface area contributed by atoms with Crippen LogP contribution >= 0.6 is 0 Å². The lowest BCUT2D eigenvalue weighted by Crippen LogP contribution is -2.34. The van der Waals surface area contributed by atoms with Gasteiger partial charge in [-0.25, -0.2) is 4.79 Å². The molecule has 0 bridgehead atoms. The number of hydrogen-bond acceptors (Lipinski definition) is 5. The lowest BCUT2D eigenvalue weighted by atomic mass is 9.74. The van der Waals surface area contributed by atoms with E-state index < -0.39 is 38.8 Å². The molecule has 0 atom stereocenters. The van der Waals surface area contributed by atoms with Crippen molar-refractivity contribution >= 4 is 16.1 Å². The third kappa shape index (κ3) is 5.71. The maximum absolute atomic E-state index is 13.4. The number of hydrogen-bond donors (Lipinski definition) is 2. The number of halogens is 2. The van der Waals surface area contributed by atoms with Gasteiger partial charge in [0.1, 0.15) is 0 Å². The minimum atomic E-state index is -5.70. The molecule has 160 valence electrons. The van der Waals surface area contributed by atoms with Gasteiger partial charge < -0.3 is 9.84 Å². The van der Waals surface area contributed by atoms with E-state index >= 15 is 0 Å². The minimum absolute atomic E-state index is 0.0114. The molecule has 1 aromatic carbocycles. The Kier molecular flexibility index (Phi) is 7.02. The molecule has 2 N–H and O–H groups in total. The fourth-order valence-corrected chi connectivity index (χ4v) is 3.02. The average molecular weight is 422 g/mol. The molecule has 0 fully saturated rings. The first-order chi connectivity index (χ1) is 12.4. The summed E-state index contributed by atoms with van der Waals surface area (Å²) in [7, 11) is -5.70. The van der Waals surface area contributed by atoms with Crippen LogP contribution < -0.4 is 0 Å². The quantitative estimate of drug-likeness (QED) is 0.538. The molecule has 0 aliphatic heterocycles. The van der Waals surface area contributed by atoms with Crippen molar-refractivity contribution in [1.29, 1.82) is 0 Å². The molecule has 6 nitrogen and oxygen atoms in total. The molecule has 0 amide bonds. The van der Waals surface area contributed by atoms with Gasteiger partial charge in [-0.2, -0.15) is 17.2 Å². The molecule has 0 spiro atoms. The monoisotopic (exact) mass is 422 g/mol. The second-order valence-corrected chi connectivity index (χ2v) is 10.3. The van der Waals surface area contributed by atoms with Crippen LogP contribution in [0.25, 0.3) is 0 Å². The Bertz CT molecular complexity index is 798. The molecule has 1 aromatic rings. The molecular weight excluding hydrogens is 394 g/mol. The number of ether oxygens (including phenoxy) is 1. The first-order valence-electron chi connectivity index (χ1n) is 8.72. The summed E-state index contributed by atoms with van der Waals surface area (Å²) >= 11 is 0. The van der Waals surface area contributed by atoms with E-state index in [2.05, 4.69) is 4.74 Å². The standard InChI is InChI=1S/C19H28F2O6S/c1-17(2,3)14-9-12(10-15(18(4,5)6)13(14)7-8-22)16(23)27-11-19(20,21)28(24,25)26/h9-10,22H,7-8,11H2,1-6H3,(H,24,25,26). The van der Waals surface area contributed by atoms with Crippen LogP contribution in [0.4, 0.5) is 8.78 Å². The van der Waals surface area contributed by atoms with E-state index in [0.717, 1.165) is 16.7 Å². The normalized spacial score (nSPS) is 13.5. The zero-order chi connectivity index (χ0) is 22.1. The zero-order valence-electron chi connectivity index (χ0n) is 17.0. The molecule has 0 radical (unpaired) electrons.